The zero-order chi connectivity index (χ0) is 14.4. The van der Waals surface area contributed by atoms with Crippen molar-refractivity contribution in [2.24, 2.45) is 0 Å². The van der Waals surface area contributed by atoms with Crippen molar-refractivity contribution in [3.8, 4) is 0 Å². The number of halogens is 1. The van der Waals surface area contributed by atoms with E-state index < -0.39 is 11.9 Å². The molecule has 0 atom stereocenters. The van der Waals surface area contributed by atoms with Crippen molar-refractivity contribution in [3.05, 3.63) is 46.5 Å². The number of hydrogen-bond donors (Lipinski definition) is 3. The SMILES string of the molecule is O=C(O)c1cc(Cl)c2[nH]c3ccccc3c2c1C(=O)O. The third kappa shape index (κ3) is 1.64. The number of nitrogens with one attached hydrogen (secondary N) is 1. The second kappa shape index (κ2) is 4.25. The molecular formula is C14H8ClNO4. The lowest BCUT2D eigenvalue weighted by atomic mass is 10.0. The normalized spacial score (nSPS) is 11.1. The van der Waals surface area contributed by atoms with Crippen molar-refractivity contribution in [2.75, 3.05) is 0 Å². The first-order valence-corrected chi connectivity index (χ1v) is 6.08. The van der Waals surface area contributed by atoms with Gasteiger partial charge in [-0.05, 0) is 12.1 Å². The average molecular weight is 290 g/mol. The van der Waals surface area contributed by atoms with Crippen LogP contribution in [0.15, 0.2) is 30.3 Å². The third-order valence-corrected chi connectivity index (χ3v) is 3.48. The summed E-state index contributed by atoms with van der Waals surface area (Å²) < 4.78 is 0. The second-order valence-electron chi connectivity index (χ2n) is 4.31. The molecule has 100 valence electrons. The van der Waals surface area contributed by atoms with Crippen molar-refractivity contribution in [1.82, 2.24) is 4.98 Å². The summed E-state index contributed by atoms with van der Waals surface area (Å²) in [7, 11) is 0. The number of para-hydroxylation sites is 1. The predicted octanol–water partition coefficient (Wildman–Crippen LogP) is 3.37. The fourth-order valence-corrected chi connectivity index (χ4v) is 2.63. The van der Waals surface area contributed by atoms with Crippen LogP contribution in [0.2, 0.25) is 5.02 Å². The van der Waals surface area contributed by atoms with Crippen molar-refractivity contribution in [1.29, 1.82) is 0 Å². The number of aromatic amines is 1. The van der Waals surface area contributed by atoms with Crippen LogP contribution in [0.25, 0.3) is 21.8 Å². The maximum atomic E-state index is 11.5. The highest BCUT2D eigenvalue weighted by atomic mass is 35.5. The summed E-state index contributed by atoms with van der Waals surface area (Å²) in [5.74, 6) is -2.62. The number of carboxylic acid groups (broad SMARTS) is 2. The molecule has 1 heterocycles. The molecule has 2 aromatic carbocycles. The van der Waals surface area contributed by atoms with Gasteiger partial charge in [0.25, 0.3) is 0 Å². The summed E-state index contributed by atoms with van der Waals surface area (Å²) in [6.07, 6.45) is 0. The Morgan fingerprint density at radius 1 is 1.10 bits per heavy atom. The van der Waals surface area contributed by atoms with Gasteiger partial charge in [-0.2, -0.15) is 0 Å². The molecule has 5 nitrogen and oxygen atoms in total. The molecule has 0 spiro atoms. The van der Waals surface area contributed by atoms with Gasteiger partial charge in [-0.3, -0.25) is 0 Å². The van der Waals surface area contributed by atoms with Crippen LogP contribution in [-0.2, 0) is 0 Å². The molecule has 3 rings (SSSR count). The van der Waals surface area contributed by atoms with Crippen LogP contribution in [0.1, 0.15) is 20.7 Å². The average Bonchev–Trinajstić information content (AvgIpc) is 2.78. The van der Waals surface area contributed by atoms with Gasteiger partial charge in [-0.25, -0.2) is 9.59 Å². The van der Waals surface area contributed by atoms with Gasteiger partial charge < -0.3 is 15.2 Å². The molecule has 0 aliphatic carbocycles. The Hall–Kier alpha value is -2.53. The molecule has 0 aliphatic heterocycles. The highest BCUT2D eigenvalue weighted by molar-refractivity contribution is 6.38. The highest BCUT2D eigenvalue weighted by Gasteiger charge is 2.24. The number of benzene rings is 2. The molecule has 0 saturated heterocycles. The summed E-state index contributed by atoms with van der Waals surface area (Å²) in [6.45, 7) is 0. The van der Waals surface area contributed by atoms with E-state index in [-0.39, 0.29) is 16.1 Å². The van der Waals surface area contributed by atoms with E-state index in [9.17, 15) is 19.8 Å². The molecule has 0 bridgehead atoms. The Morgan fingerprint density at radius 2 is 1.80 bits per heavy atom. The van der Waals surface area contributed by atoms with E-state index in [4.69, 9.17) is 11.6 Å². The minimum atomic E-state index is -1.32. The van der Waals surface area contributed by atoms with Crippen molar-refractivity contribution < 1.29 is 19.8 Å². The smallest absolute Gasteiger partial charge is 0.337 e. The van der Waals surface area contributed by atoms with Crippen LogP contribution >= 0.6 is 11.6 Å². The fraction of sp³-hybridized carbons (Fsp3) is 0. The van der Waals surface area contributed by atoms with Crippen LogP contribution in [0, 0.1) is 0 Å². The second-order valence-corrected chi connectivity index (χ2v) is 4.72. The number of fused-ring (bicyclic) bond motifs is 3. The molecule has 1 aromatic heterocycles. The Labute approximate surface area is 117 Å². The van der Waals surface area contributed by atoms with E-state index >= 15 is 0 Å². The lowest BCUT2D eigenvalue weighted by molar-refractivity contribution is 0.0653. The molecule has 0 aliphatic rings. The van der Waals surface area contributed by atoms with E-state index in [1.807, 2.05) is 0 Å². The van der Waals surface area contributed by atoms with Crippen molar-refractivity contribution >= 4 is 45.3 Å². The Balaban J connectivity index is 2.63. The summed E-state index contributed by atoms with van der Waals surface area (Å²) >= 11 is 6.07. The third-order valence-electron chi connectivity index (χ3n) is 3.18. The van der Waals surface area contributed by atoms with Gasteiger partial charge >= 0.3 is 11.9 Å². The molecule has 0 unspecified atom stereocenters. The summed E-state index contributed by atoms with van der Waals surface area (Å²) in [5, 5.41) is 19.7. The molecule has 6 heteroatoms. The van der Waals surface area contributed by atoms with E-state index in [0.717, 1.165) is 6.07 Å². The van der Waals surface area contributed by atoms with E-state index in [2.05, 4.69) is 4.98 Å². The van der Waals surface area contributed by atoms with E-state index in [1.54, 1.807) is 24.3 Å². The van der Waals surface area contributed by atoms with Crippen LogP contribution < -0.4 is 0 Å². The molecule has 3 N–H and O–H groups in total. The van der Waals surface area contributed by atoms with Gasteiger partial charge in [0.1, 0.15) is 0 Å². The number of aromatic carboxylic acids is 2. The lowest BCUT2D eigenvalue weighted by Crippen LogP contribution is -2.08. The Bertz CT molecular complexity index is 882. The van der Waals surface area contributed by atoms with Gasteiger partial charge in [0.05, 0.1) is 21.7 Å². The zero-order valence-corrected chi connectivity index (χ0v) is 10.7. The number of hydrogen-bond acceptors (Lipinski definition) is 2. The van der Waals surface area contributed by atoms with Gasteiger partial charge in [0.2, 0.25) is 0 Å². The fourth-order valence-electron chi connectivity index (χ4n) is 2.38. The molecule has 0 fully saturated rings. The first-order chi connectivity index (χ1) is 9.50. The summed E-state index contributed by atoms with van der Waals surface area (Å²) in [5.41, 5.74) is 0.554. The standard InChI is InChI=1S/C14H8ClNO4/c15-8-5-7(13(17)18)11(14(19)20)10-6-3-1-2-4-9(6)16-12(8)10/h1-5,16H,(H,17,18)(H,19,20). The maximum absolute atomic E-state index is 11.5. The first kappa shape index (κ1) is 12.5. The quantitative estimate of drug-likeness (QED) is 0.674. The summed E-state index contributed by atoms with van der Waals surface area (Å²) in [6, 6.07) is 8.21. The van der Waals surface area contributed by atoms with Gasteiger partial charge in [0, 0.05) is 16.3 Å². The molecule has 0 radical (unpaired) electrons. The highest BCUT2D eigenvalue weighted by Crippen LogP contribution is 2.35. The molecule has 20 heavy (non-hydrogen) atoms. The van der Waals surface area contributed by atoms with Crippen molar-refractivity contribution in [3.63, 3.8) is 0 Å². The van der Waals surface area contributed by atoms with Crippen LogP contribution in [0.3, 0.4) is 0 Å². The van der Waals surface area contributed by atoms with Crippen LogP contribution in [0.5, 0.6) is 0 Å². The number of carboxylic acids is 2. The first-order valence-electron chi connectivity index (χ1n) is 5.70. The minimum Gasteiger partial charge on any atom is -0.478 e. The van der Waals surface area contributed by atoms with E-state index in [0.29, 0.717) is 21.8 Å². The predicted molar refractivity (Wildman–Crippen MR) is 74.7 cm³/mol. The Kier molecular flexibility index (Phi) is 2.65. The zero-order valence-electron chi connectivity index (χ0n) is 9.98. The summed E-state index contributed by atoms with van der Waals surface area (Å²) in [4.78, 5) is 25.7. The van der Waals surface area contributed by atoms with Gasteiger partial charge in [-0.1, -0.05) is 29.8 Å². The number of carbonyl (C=O) groups is 2. The minimum absolute atomic E-state index is 0.179. The van der Waals surface area contributed by atoms with E-state index in [1.165, 1.54) is 0 Å². The molecule has 0 amide bonds. The number of aromatic nitrogens is 1. The topological polar surface area (TPSA) is 90.4 Å². The molecule has 3 aromatic rings. The number of rotatable bonds is 2. The van der Waals surface area contributed by atoms with Crippen molar-refractivity contribution in [2.45, 2.75) is 0 Å². The lowest BCUT2D eigenvalue weighted by Gasteiger charge is -2.05. The monoisotopic (exact) mass is 289 g/mol. The Morgan fingerprint density at radius 3 is 2.45 bits per heavy atom. The molecular weight excluding hydrogens is 282 g/mol. The largest absolute Gasteiger partial charge is 0.478 e. The molecule has 0 saturated carbocycles. The van der Waals surface area contributed by atoms with Crippen LogP contribution in [0.4, 0.5) is 0 Å². The maximum Gasteiger partial charge on any atom is 0.337 e. The van der Waals surface area contributed by atoms with Gasteiger partial charge in [-0.15, -0.1) is 0 Å². The van der Waals surface area contributed by atoms with Crippen LogP contribution in [-0.4, -0.2) is 27.1 Å². The number of H-pyrrole nitrogens is 1. The van der Waals surface area contributed by atoms with Gasteiger partial charge in [0.15, 0.2) is 0 Å².